The number of hydrogen-bond acceptors (Lipinski definition) is 5. The number of carbonyl (C=O) groups excluding carboxylic acids is 1. The molecular weight excluding hydrogens is 166 g/mol. The lowest BCUT2D eigenvalue weighted by molar-refractivity contribution is -0.134. The Morgan fingerprint density at radius 3 is 2.60 bits per heavy atom. The van der Waals surface area contributed by atoms with Gasteiger partial charge in [0, 0.05) is 0 Å². The predicted molar refractivity (Wildman–Crippen MR) is 27.8 cm³/mol. The van der Waals surface area contributed by atoms with Crippen LogP contribution in [-0.4, -0.2) is 27.5 Å². The van der Waals surface area contributed by atoms with Gasteiger partial charge in [-0.25, -0.2) is 4.32 Å². The van der Waals surface area contributed by atoms with Crippen molar-refractivity contribution in [3.05, 3.63) is 0 Å². The van der Waals surface area contributed by atoms with Gasteiger partial charge in [-0.15, -0.1) is 0 Å². The van der Waals surface area contributed by atoms with E-state index in [0.717, 1.165) is 0 Å². The van der Waals surface area contributed by atoms with Gasteiger partial charge in [-0.3, -0.25) is 8.90 Å². The molecule has 8 heteroatoms. The largest absolute Gasteiger partial charge is 0.771 e. The molecular formula is C2H2BFO5S. The molecule has 10 heavy (non-hydrogen) atoms. The van der Waals surface area contributed by atoms with Gasteiger partial charge < -0.3 is 4.65 Å². The summed E-state index contributed by atoms with van der Waals surface area (Å²) in [5.41, 5.74) is 0. The lowest BCUT2D eigenvalue weighted by Crippen LogP contribution is -2.36. The summed E-state index contributed by atoms with van der Waals surface area (Å²) in [6, 6.07) is 0. The van der Waals surface area contributed by atoms with Crippen molar-refractivity contribution < 1.29 is 26.3 Å². The molecule has 1 fully saturated rings. The van der Waals surface area contributed by atoms with Gasteiger partial charge in [0.2, 0.25) is 0 Å². The van der Waals surface area contributed by atoms with E-state index in [1.807, 2.05) is 0 Å². The van der Waals surface area contributed by atoms with Gasteiger partial charge >= 0.3 is 13.4 Å². The lowest BCUT2D eigenvalue weighted by Gasteiger charge is -2.11. The van der Waals surface area contributed by atoms with Gasteiger partial charge in [-0.1, -0.05) is 0 Å². The highest BCUT2D eigenvalue weighted by Gasteiger charge is 2.39. The number of halogens is 1. The maximum atomic E-state index is 11.9. The molecule has 1 heterocycles. The fraction of sp³-hybridized carbons (Fsp3) is 0.500. The first-order chi connectivity index (χ1) is 4.49. The van der Waals surface area contributed by atoms with E-state index in [1.54, 1.807) is 0 Å². The van der Waals surface area contributed by atoms with Gasteiger partial charge in [-0.05, 0) is 0 Å². The van der Waals surface area contributed by atoms with E-state index >= 15 is 0 Å². The molecule has 0 unspecified atom stereocenters. The fourth-order valence-corrected chi connectivity index (χ4v) is 1.15. The minimum Gasteiger partial charge on any atom is -0.480 e. The Morgan fingerprint density at radius 2 is 2.20 bits per heavy atom. The van der Waals surface area contributed by atoms with Crippen LogP contribution in [0.25, 0.3) is 0 Å². The normalized spacial score (nSPS) is 24.1. The van der Waals surface area contributed by atoms with Crippen molar-refractivity contribution in [1.29, 1.82) is 0 Å². The van der Waals surface area contributed by atoms with E-state index in [1.165, 1.54) is 0 Å². The molecule has 5 nitrogen and oxygen atoms in total. The Bertz CT molecular complexity index is 246. The summed E-state index contributed by atoms with van der Waals surface area (Å²) in [5.74, 6) is -2.06. The Kier molecular flexibility index (Phi) is 1.65. The third-order valence-corrected chi connectivity index (χ3v) is 1.77. The van der Waals surface area contributed by atoms with Gasteiger partial charge in [0.25, 0.3) is 10.1 Å². The molecule has 1 aliphatic rings. The molecule has 0 aromatic heterocycles. The van der Waals surface area contributed by atoms with Crippen molar-refractivity contribution in [3.63, 3.8) is 0 Å². The van der Waals surface area contributed by atoms with Crippen LogP contribution in [0, 0.1) is 0 Å². The van der Waals surface area contributed by atoms with Crippen LogP contribution in [0.1, 0.15) is 0 Å². The first-order valence-electron chi connectivity index (χ1n) is 2.24. The Hall–Kier alpha value is -0.625. The van der Waals surface area contributed by atoms with Crippen LogP contribution in [-0.2, 0) is 23.7 Å². The van der Waals surface area contributed by atoms with Gasteiger partial charge in [-0.2, -0.15) is 8.42 Å². The molecule has 0 radical (unpaired) electrons. The van der Waals surface area contributed by atoms with Crippen molar-refractivity contribution in [1.82, 2.24) is 0 Å². The van der Waals surface area contributed by atoms with Crippen LogP contribution in [0.5, 0.6) is 0 Å². The minimum absolute atomic E-state index is 0.923. The number of carbonyl (C=O) groups is 1. The van der Waals surface area contributed by atoms with E-state index in [-0.39, 0.29) is 0 Å². The van der Waals surface area contributed by atoms with Gasteiger partial charge in [0.05, 0.1) is 0 Å². The Balaban J connectivity index is 2.79. The predicted octanol–water partition coefficient (Wildman–Crippen LogP) is -1.16. The molecule has 1 rings (SSSR count). The SMILES string of the molecule is O=C1CS(=O)(=O)OB(F)O1. The molecule has 0 N–H and O–H groups in total. The Morgan fingerprint density at radius 1 is 1.60 bits per heavy atom. The third-order valence-electron chi connectivity index (χ3n) is 0.741. The molecule has 1 saturated heterocycles. The highest BCUT2D eigenvalue weighted by atomic mass is 32.2. The van der Waals surface area contributed by atoms with Gasteiger partial charge in [0.1, 0.15) is 0 Å². The summed E-state index contributed by atoms with van der Waals surface area (Å²) in [4.78, 5) is 10.2. The Labute approximate surface area is 56.4 Å². The highest BCUT2D eigenvalue weighted by Crippen LogP contribution is 2.07. The molecule has 0 aromatic carbocycles. The second-order valence-corrected chi connectivity index (χ2v) is 3.16. The topological polar surface area (TPSA) is 69.7 Å². The molecule has 0 saturated carbocycles. The summed E-state index contributed by atoms with van der Waals surface area (Å²) in [7, 11) is -6.51. The summed E-state index contributed by atoms with van der Waals surface area (Å²) in [5, 5.41) is 0. The fourth-order valence-electron chi connectivity index (χ4n) is 0.451. The second kappa shape index (κ2) is 2.20. The molecule has 0 amide bonds. The summed E-state index contributed by atoms with van der Waals surface area (Å²) in [6.45, 7) is 0. The van der Waals surface area contributed by atoms with Crippen LogP contribution < -0.4 is 0 Å². The zero-order valence-electron chi connectivity index (χ0n) is 4.61. The zero-order chi connectivity index (χ0) is 7.78. The maximum absolute atomic E-state index is 11.9. The number of rotatable bonds is 0. The van der Waals surface area contributed by atoms with E-state index in [0.29, 0.717) is 0 Å². The van der Waals surface area contributed by atoms with E-state index in [9.17, 15) is 17.5 Å². The summed E-state index contributed by atoms with van der Waals surface area (Å²) >= 11 is 0. The third kappa shape index (κ3) is 1.68. The summed E-state index contributed by atoms with van der Waals surface area (Å²) in [6.07, 6.45) is 0. The van der Waals surface area contributed by atoms with Crippen LogP contribution >= 0.6 is 0 Å². The minimum atomic E-state index is -4.03. The molecule has 1 aliphatic heterocycles. The monoisotopic (exact) mass is 168 g/mol. The lowest BCUT2D eigenvalue weighted by atomic mass is 10.3. The van der Waals surface area contributed by atoms with E-state index in [4.69, 9.17) is 0 Å². The van der Waals surface area contributed by atoms with Crippen LogP contribution in [0.15, 0.2) is 0 Å². The molecule has 0 bridgehead atoms. The van der Waals surface area contributed by atoms with Crippen molar-refractivity contribution in [2.24, 2.45) is 0 Å². The highest BCUT2D eigenvalue weighted by molar-refractivity contribution is 7.88. The van der Waals surface area contributed by atoms with Crippen molar-refractivity contribution in [2.75, 3.05) is 5.75 Å². The molecule has 0 aliphatic carbocycles. The second-order valence-electron chi connectivity index (χ2n) is 1.56. The van der Waals surface area contributed by atoms with E-state index < -0.39 is 29.2 Å². The van der Waals surface area contributed by atoms with Crippen molar-refractivity contribution in [2.45, 2.75) is 0 Å². The zero-order valence-corrected chi connectivity index (χ0v) is 5.43. The van der Waals surface area contributed by atoms with Crippen molar-refractivity contribution in [3.8, 4) is 0 Å². The van der Waals surface area contributed by atoms with Crippen LogP contribution in [0.2, 0.25) is 0 Å². The molecule has 0 atom stereocenters. The molecule has 0 aromatic rings. The van der Waals surface area contributed by atoms with Crippen LogP contribution in [0.4, 0.5) is 4.32 Å². The summed E-state index contributed by atoms with van der Waals surface area (Å²) < 4.78 is 39.8. The first kappa shape index (κ1) is 7.48. The average Bonchev–Trinajstić information content (AvgIpc) is 1.54. The average molecular weight is 168 g/mol. The van der Waals surface area contributed by atoms with Crippen molar-refractivity contribution >= 4 is 23.5 Å². The maximum Gasteiger partial charge on any atom is 0.771 e. The van der Waals surface area contributed by atoms with Crippen LogP contribution in [0.3, 0.4) is 0 Å². The quantitative estimate of drug-likeness (QED) is 0.426. The molecule has 0 spiro atoms. The molecule has 56 valence electrons. The number of hydrogen-bond donors (Lipinski definition) is 0. The van der Waals surface area contributed by atoms with E-state index in [2.05, 4.69) is 8.75 Å². The smallest absolute Gasteiger partial charge is 0.480 e. The first-order valence-corrected chi connectivity index (χ1v) is 3.82. The standard InChI is InChI=1S/C2H2BFO5S/c4-3-8-2(5)1-10(6,7)9-3/h1H2. The van der Waals surface area contributed by atoms with Gasteiger partial charge in [0.15, 0.2) is 5.75 Å².